The number of allylic oxidation sites excluding steroid dienone is 1. The number of nitrogens with one attached hydrogen (secondary N) is 1. The van der Waals surface area contributed by atoms with E-state index in [4.69, 9.17) is 0 Å². The molecule has 1 nitrogen and oxygen atoms in total. The molecule has 0 fully saturated rings. The van der Waals surface area contributed by atoms with E-state index < -0.39 is 0 Å². The van der Waals surface area contributed by atoms with Gasteiger partial charge in [0.1, 0.15) is 0 Å². The second-order valence-corrected chi connectivity index (χ2v) is 3.96. The Morgan fingerprint density at radius 1 is 1.31 bits per heavy atom. The van der Waals surface area contributed by atoms with Crippen LogP contribution in [0.2, 0.25) is 0 Å². The summed E-state index contributed by atoms with van der Waals surface area (Å²) in [4.78, 5) is 0. The van der Waals surface area contributed by atoms with Crippen LogP contribution in [0.5, 0.6) is 0 Å². The molecule has 0 radical (unpaired) electrons. The van der Waals surface area contributed by atoms with Crippen LogP contribution in [0.15, 0.2) is 11.6 Å². The van der Waals surface area contributed by atoms with Gasteiger partial charge in [-0.3, -0.25) is 0 Å². The summed E-state index contributed by atoms with van der Waals surface area (Å²) in [5.74, 6) is 0. The van der Waals surface area contributed by atoms with E-state index in [0.29, 0.717) is 0 Å². The highest BCUT2D eigenvalue weighted by Crippen LogP contribution is 2.19. The summed E-state index contributed by atoms with van der Waals surface area (Å²) in [6.45, 7) is 4.65. The first-order valence-electron chi connectivity index (χ1n) is 5.82. The van der Waals surface area contributed by atoms with E-state index in [1.165, 1.54) is 58.0 Å². The third-order valence-corrected chi connectivity index (χ3v) is 2.72. The smallest absolute Gasteiger partial charge is 0.00116 e. The molecule has 13 heavy (non-hydrogen) atoms. The van der Waals surface area contributed by atoms with Gasteiger partial charge in [0.2, 0.25) is 0 Å². The molecule has 0 bridgehead atoms. The molecule has 0 heterocycles. The first kappa shape index (κ1) is 10.8. The summed E-state index contributed by atoms with van der Waals surface area (Å²) in [6.07, 6.45) is 11.8. The predicted octanol–water partition coefficient (Wildman–Crippen LogP) is 3.27. The van der Waals surface area contributed by atoms with Crippen molar-refractivity contribution >= 4 is 0 Å². The van der Waals surface area contributed by atoms with Crippen molar-refractivity contribution < 1.29 is 0 Å². The van der Waals surface area contributed by atoms with E-state index in [2.05, 4.69) is 18.3 Å². The second-order valence-electron chi connectivity index (χ2n) is 3.96. The molecule has 0 unspecified atom stereocenters. The number of hydrogen-bond acceptors (Lipinski definition) is 1. The third kappa shape index (κ3) is 5.09. The highest BCUT2D eigenvalue weighted by Gasteiger charge is 2.02. The van der Waals surface area contributed by atoms with Crippen molar-refractivity contribution in [3.8, 4) is 0 Å². The van der Waals surface area contributed by atoms with Crippen molar-refractivity contribution in [2.24, 2.45) is 0 Å². The molecule has 1 aliphatic rings. The maximum atomic E-state index is 3.51. The number of unbranched alkanes of at least 4 members (excludes halogenated alkanes) is 2. The topological polar surface area (TPSA) is 12.0 Å². The first-order chi connectivity index (χ1) is 6.43. The average Bonchev–Trinajstić information content (AvgIpc) is 2.63. The van der Waals surface area contributed by atoms with Gasteiger partial charge in [-0.05, 0) is 45.2 Å². The molecule has 0 spiro atoms. The second kappa shape index (κ2) is 7.14. The van der Waals surface area contributed by atoms with Crippen LogP contribution in [-0.2, 0) is 0 Å². The molecule has 0 atom stereocenters. The van der Waals surface area contributed by atoms with Crippen molar-refractivity contribution in [2.75, 3.05) is 13.1 Å². The van der Waals surface area contributed by atoms with E-state index in [1.807, 2.05) is 0 Å². The van der Waals surface area contributed by atoms with E-state index in [9.17, 15) is 0 Å². The van der Waals surface area contributed by atoms with E-state index in [1.54, 1.807) is 5.57 Å². The number of rotatable bonds is 7. The molecule has 0 aliphatic heterocycles. The summed E-state index contributed by atoms with van der Waals surface area (Å²) in [5.41, 5.74) is 1.68. The van der Waals surface area contributed by atoms with Gasteiger partial charge in [0, 0.05) is 0 Å². The molecule has 1 rings (SSSR count). The monoisotopic (exact) mass is 181 g/mol. The Kier molecular flexibility index (Phi) is 5.92. The highest BCUT2D eigenvalue weighted by atomic mass is 14.8. The molecule has 0 aromatic rings. The van der Waals surface area contributed by atoms with Crippen LogP contribution in [0.1, 0.15) is 51.9 Å². The molecule has 0 saturated carbocycles. The Morgan fingerprint density at radius 2 is 2.23 bits per heavy atom. The molecular weight excluding hydrogens is 158 g/mol. The SMILES string of the molecule is CCCCCNCCC1=CCCC1. The number of hydrogen-bond donors (Lipinski definition) is 1. The van der Waals surface area contributed by atoms with Crippen molar-refractivity contribution in [2.45, 2.75) is 51.9 Å². The summed E-state index contributed by atoms with van der Waals surface area (Å²) in [7, 11) is 0. The van der Waals surface area contributed by atoms with Crippen LogP contribution < -0.4 is 5.32 Å². The van der Waals surface area contributed by atoms with Gasteiger partial charge in [-0.1, -0.05) is 31.4 Å². The molecule has 0 aromatic carbocycles. The van der Waals surface area contributed by atoms with Crippen LogP contribution in [-0.4, -0.2) is 13.1 Å². The van der Waals surface area contributed by atoms with Gasteiger partial charge in [-0.2, -0.15) is 0 Å². The summed E-state index contributed by atoms with van der Waals surface area (Å²) >= 11 is 0. The quantitative estimate of drug-likeness (QED) is 0.469. The fourth-order valence-corrected chi connectivity index (χ4v) is 1.84. The van der Waals surface area contributed by atoms with Gasteiger partial charge in [-0.15, -0.1) is 0 Å². The first-order valence-corrected chi connectivity index (χ1v) is 5.82. The molecule has 1 N–H and O–H groups in total. The summed E-state index contributed by atoms with van der Waals surface area (Å²) in [6, 6.07) is 0. The van der Waals surface area contributed by atoms with E-state index in [0.717, 1.165) is 0 Å². The Hall–Kier alpha value is -0.300. The normalized spacial score (nSPS) is 16.2. The van der Waals surface area contributed by atoms with Gasteiger partial charge in [0.05, 0.1) is 0 Å². The maximum absolute atomic E-state index is 3.51. The van der Waals surface area contributed by atoms with Gasteiger partial charge < -0.3 is 5.32 Å². The standard InChI is InChI=1S/C12H23N/c1-2-3-6-10-13-11-9-12-7-4-5-8-12/h7,13H,2-6,8-11H2,1H3. The predicted molar refractivity (Wildman–Crippen MR) is 58.9 cm³/mol. The van der Waals surface area contributed by atoms with Gasteiger partial charge in [0.15, 0.2) is 0 Å². The van der Waals surface area contributed by atoms with Crippen LogP contribution in [0.3, 0.4) is 0 Å². The van der Waals surface area contributed by atoms with E-state index >= 15 is 0 Å². The van der Waals surface area contributed by atoms with Crippen LogP contribution in [0, 0.1) is 0 Å². The van der Waals surface area contributed by atoms with Gasteiger partial charge in [0.25, 0.3) is 0 Å². The zero-order valence-corrected chi connectivity index (χ0v) is 8.94. The Labute approximate surface area is 82.6 Å². The fourth-order valence-electron chi connectivity index (χ4n) is 1.84. The van der Waals surface area contributed by atoms with Crippen molar-refractivity contribution in [1.82, 2.24) is 5.32 Å². The minimum atomic E-state index is 1.19. The van der Waals surface area contributed by atoms with Crippen LogP contribution in [0.25, 0.3) is 0 Å². The molecule has 76 valence electrons. The average molecular weight is 181 g/mol. The minimum absolute atomic E-state index is 1.19. The molecule has 1 aliphatic carbocycles. The Morgan fingerprint density at radius 3 is 2.92 bits per heavy atom. The lowest BCUT2D eigenvalue weighted by Crippen LogP contribution is -2.16. The molecule has 0 amide bonds. The van der Waals surface area contributed by atoms with Crippen molar-refractivity contribution in [1.29, 1.82) is 0 Å². The lowest BCUT2D eigenvalue weighted by atomic mass is 10.1. The van der Waals surface area contributed by atoms with Gasteiger partial charge >= 0.3 is 0 Å². The molecular formula is C12H23N. The van der Waals surface area contributed by atoms with Crippen LogP contribution in [0.4, 0.5) is 0 Å². The van der Waals surface area contributed by atoms with Crippen molar-refractivity contribution in [3.05, 3.63) is 11.6 Å². The largest absolute Gasteiger partial charge is 0.316 e. The molecule has 0 saturated heterocycles. The van der Waals surface area contributed by atoms with Crippen molar-refractivity contribution in [3.63, 3.8) is 0 Å². The Bertz CT molecular complexity index is 149. The zero-order valence-electron chi connectivity index (χ0n) is 8.94. The molecule has 1 heteroatoms. The minimum Gasteiger partial charge on any atom is -0.316 e. The lowest BCUT2D eigenvalue weighted by molar-refractivity contribution is 0.613. The fraction of sp³-hybridized carbons (Fsp3) is 0.833. The lowest BCUT2D eigenvalue weighted by Gasteiger charge is -2.04. The third-order valence-electron chi connectivity index (χ3n) is 2.72. The maximum Gasteiger partial charge on any atom is -0.00116 e. The summed E-state index contributed by atoms with van der Waals surface area (Å²) in [5, 5.41) is 3.51. The highest BCUT2D eigenvalue weighted by molar-refractivity contribution is 5.07. The van der Waals surface area contributed by atoms with E-state index in [-0.39, 0.29) is 0 Å². The zero-order chi connectivity index (χ0) is 9.36. The summed E-state index contributed by atoms with van der Waals surface area (Å²) < 4.78 is 0. The van der Waals surface area contributed by atoms with Crippen LogP contribution >= 0.6 is 0 Å². The van der Waals surface area contributed by atoms with Gasteiger partial charge in [-0.25, -0.2) is 0 Å². The Balaban J connectivity index is 1.83. The molecule has 0 aromatic heterocycles.